The highest BCUT2D eigenvalue weighted by molar-refractivity contribution is 7.98. The number of thioether (sulfide) groups is 1. The van der Waals surface area contributed by atoms with Gasteiger partial charge in [0.05, 0.1) is 0 Å². The third kappa shape index (κ3) is 6.68. The minimum Gasteiger partial charge on any atom is -0.313 e. The lowest BCUT2D eigenvalue weighted by atomic mass is 10.0. The Morgan fingerprint density at radius 1 is 1.29 bits per heavy atom. The maximum Gasteiger partial charge on any atom is 0.0195 e. The smallest absolute Gasteiger partial charge is 0.0195 e. The summed E-state index contributed by atoms with van der Waals surface area (Å²) in [5, 5.41) is 3.66. The summed E-state index contributed by atoms with van der Waals surface area (Å²) in [6, 6.07) is 1.43. The largest absolute Gasteiger partial charge is 0.313 e. The van der Waals surface area contributed by atoms with Gasteiger partial charge in [-0.1, -0.05) is 6.42 Å². The molecule has 0 saturated carbocycles. The molecule has 17 heavy (non-hydrogen) atoms. The Bertz CT molecular complexity index is 179. The van der Waals surface area contributed by atoms with Gasteiger partial charge < -0.3 is 5.32 Å². The zero-order chi connectivity index (χ0) is 12.5. The first-order valence-electron chi connectivity index (χ1n) is 7.20. The van der Waals surface area contributed by atoms with E-state index in [-0.39, 0.29) is 0 Å². The van der Waals surface area contributed by atoms with Crippen molar-refractivity contribution >= 4 is 11.8 Å². The number of rotatable bonds is 8. The van der Waals surface area contributed by atoms with Crippen LogP contribution in [0.25, 0.3) is 0 Å². The summed E-state index contributed by atoms with van der Waals surface area (Å²) in [6.45, 7) is 8.41. The maximum absolute atomic E-state index is 3.66. The fourth-order valence-corrected chi connectivity index (χ4v) is 2.98. The Kier molecular flexibility index (Phi) is 8.33. The van der Waals surface area contributed by atoms with E-state index in [0.717, 1.165) is 6.04 Å². The van der Waals surface area contributed by atoms with Crippen LogP contribution in [0.4, 0.5) is 0 Å². The van der Waals surface area contributed by atoms with Crippen LogP contribution in [0.2, 0.25) is 0 Å². The lowest BCUT2D eigenvalue weighted by Gasteiger charge is -2.33. The molecule has 0 aliphatic carbocycles. The Morgan fingerprint density at radius 2 is 2.12 bits per heavy atom. The normalized spacial score (nSPS) is 21.4. The molecule has 0 aromatic heterocycles. The second kappa shape index (κ2) is 9.23. The summed E-state index contributed by atoms with van der Waals surface area (Å²) in [5.74, 6) is 1.31. The van der Waals surface area contributed by atoms with Crippen LogP contribution in [0, 0.1) is 0 Å². The first-order valence-corrected chi connectivity index (χ1v) is 8.59. The molecule has 2 nitrogen and oxygen atoms in total. The van der Waals surface area contributed by atoms with Crippen LogP contribution in [0.1, 0.15) is 46.0 Å². The molecule has 0 aromatic rings. The van der Waals surface area contributed by atoms with Crippen molar-refractivity contribution < 1.29 is 0 Å². The molecule has 102 valence electrons. The van der Waals surface area contributed by atoms with E-state index in [1.807, 2.05) is 11.8 Å². The molecule has 0 spiro atoms. The molecule has 1 aliphatic heterocycles. The predicted molar refractivity (Wildman–Crippen MR) is 80.0 cm³/mol. The Balaban J connectivity index is 2.21. The summed E-state index contributed by atoms with van der Waals surface area (Å²) in [7, 11) is 0. The topological polar surface area (TPSA) is 15.3 Å². The third-order valence-electron chi connectivity index (χ3n) is 3.64. The number of nitrogens with zero attached hydrogens (tertiary/aromatic N) is 1. The Morgan fingerprint density at radius 3 is 2.71 bits per heavy atom. The highest BCUT2D eigenvalue weighted by atomic mass is 32.2. The van der Waals surface area contributed by atoms with Crippen molar-refractivity contribution in [2.75, 3.05) is 31.6 Å². The third-order valence-corrected chi connectivity index (χ3v) is 4.34. The van der Waals surface area contributed by atoms with Crippen molar-refractivity contribution in [2.45, 2.75) is 58.0 Å². The molecule has 1 saturated heterocycles. The molecular formula is C14H30N2S. The maximum atomic E-state index is 3.66. The van der Waals surface area contributed by atoms with Gasteiger partial charge in [0.1, 0.15) is 0 Å². The van der Waals surface area contributed by atoms with Gasteiger partial charge in [-0.15, -0.1) is 0 Å². The summed E-state index contributed by atoms with van der Waals surface area (Å²) >= 11 is 1.97. The first kappa shape index (κ1) is 15.3. The number of hydrogen-bond acceptors (Lipinski definition) is 3. The summed E-state index contributed by atoms with van der Waals surface area (Å²) < 4.78 is 0. The molecule has 1 heterocycles. The fourth-order valence-electron chi connectivity index (χ4n) is 2.48. The predicted octanol–water partition coefficient (Wildman–Crippen LogP) is 2.98. The minimum absolute atomic E-state index is 0.688. The van der Waals surface area contributed by atoms with E-state index >= 15 is 0 Å². The second-order valence-electron chi connectivity index (χ2n) is 5.44. The van der Waals surface area contributed by atoms with Gasteiger partial charge in [-0.3, -0.25) is 4.90 Å². The van der Waals surface area contributed by atoms with Crippen LogP contribution >= 0.6 is 11.8 Å². The summed E-state index contributed by atoms with van der Waals surface area (Å²) in [4.78, 5) is 2.66. The van der Waals surface area contributed by atoms with Gasteiger partial charge in [-0.2, -0.15) is 11.8 Å². The molecule has 1 rings (SSSR count). The van der Waals surface area contributed by atoms with E-state index < -0.39 is 0 Å². The monoisotopic (exact) mass is 258 g/mol. The van der Waals surface area contributed by atoms with E-state index in [1.54, 1.807) is 0 Å². The molecule has 1 atom stereocenters. The highest BCUT2D eigenvalue weighted by Crippen LogP contribution is 2.11. The molecular weight excluding hydrogens is 228 g/mol. The quantitative estimate of drug-likeness (QED) is 0.674. The average Bonchev–Trinajstić information content (AvgIpc) is 2.34. The van der Waals surface area contributed by atoms with E-state index in [4.69, 9.17) is 0 Å². The molecule has 1 unspecified atom stereocenters. The first-order chi connectivity index (χ1) is 8.24. The summed E-state index contributed by atoms with van der Waals surface area (Å²) in [6.07, 6.45) is 9.07. The van der Waals surface area contributed by atoms with Crippen molar-refractivity contribution in [1.29, 1.82) is 0 Å². The molecule has 0 amide bonds. The van der Waals surface area contributed by atoms with Gasteiger partial charge in [0.2, 0.25) is 0 Å². The second-order valence-corrected chi connectivity index (χ2v) is 6.42. The zero-order valence-corrected chi connectivity index (χ0v) is 12.7. The van der Waals surface area contributed by atoms with Crippen molar-refractivity contribution in [3.05, 3.63) is 0 Å². The van der Waals surface area contributed by atoms with Gasteiger partial charge in [0, 0.05) is 18.6 Å². The lowest BCUT2D eigenvalue weighted by Crippen LogP contribution is -2.46. The molecule has 1 fully saturated rings. The standard InChI is InChI=1S/C14H30N2S/c1-13(2)16(10-6-7-11-17-3)12-14-8-4-5-9-15-14/h13-15H,4-12H2,1-3H3. The van der Waals surface area contributed by atoms with Gasteiger partial charge in [0.15, 0.2) is 0 Å². The minimum atomic E-state index is 0.688. The van der Waals surface area contributed by atoms with Crippen molar-refractivity contribution in [3.63, 3.8) is 0 Å². The van der Waals surface area contributed by atoms with Crippen LogP contribution in [-0.4, -0.2) is 48.6 Å². The van der Waals surface area contributed by atoms with Crippen molar-refractivity contribution in [2.24, 2.45) is 0 Å². The number of unbranched alkanes of at least 4 members (excludes halogenated alkanes) is 1. The molecule has 0 aromatic carbocycles. The fraction of sp³-hybridized carbons (Fsp3) is 1.00. The van der Waals surface area contributed by atoms with Crippen LogP contribution in [0.3, 0.4) is 0 Å². The summed E-state index contributed by atoms with van der Waals surface area (Å²) in [5.41, 5.74) is 0. The number of nitrogens with one attached hydrogen (secondary N) is 1. The van der Waals surface area contributed by atoms with E-state index in [2.05, 4.69) is 30.3 Å². The molecule has 1 aliphatic rings. The van der Waals surface area contributed by atoms with E-state index in [9.17, 15) is 0 Å². The zero-order valence-electron chi connectivity index (χ0n) is 11.9. The van der Waals surface area contributed by atoms with E-state index in [1.165, 1.54) is 57.5 Å². The Labute approximate surface area is 112 Å². The molecule has 0 bridgehead atoms. The van der Waals surface area contributed by atoms with Crippen LogP contribution < -0.4 is 5.32 Å². The molecule has 3 heteroatoms. The van der Waals surface area contributed by atoms with Gasteiger partial charge >= 0.3 is 0 Å². The molecule has 1 N–H and O–H groups in total. The van der Waals surface area contributed by atoms with E-state index in [0.29, 0.717) is 6.04 Å². The number of piperidine rings is 1. The van der Waals surface area contributed by atoms with Crippen LogP contribution in [0.15, 0.2) is 0 Å². The van der Waals surface area contributed by atoms with Crippen molar-refractivity contribution in [1.82, 2.24) is 10.2 Å². The van der Waals surface area contributed by atoms with Crippen LogP contribution in [-0.2, 0) is 0 Å². The lowest BCUT2D eigenvalue weighted by molar-refractivity contribution is 0.183. The van der Waals surface area contributed by atoms with Gasteiger partial charge in [-0.25, -0.2) is 0 Å². The van der Waals surface area contributed by atoms with Gasteiger partial charge in [0.25, 0.3) is 0 Å². The van der Waals surface area contributed by atoms with Crippen LogP contribution in [0.5, 0.6) is 0 Å². The Hall–Kier alpha value is 0.270. The number of hydrogen-bond donors (Lipinski definition) is 1. The average molecular weight is 258 g/mol. The van der Waals surface area contributed by atoms with Crippen molar-refractivity contribution in [3.8, 4) is 0 Å². The highest BCUT2D eigenvalue weighted by Gasteiger charge is 2.17. The SMILES string of the molecule is CSCCCCN(CC1CCCCN1)C(C)C. The molecule has 0 radical (unpaired) electrons. The van der Waals surface area contributed by atoms with Gasteiger partial charge in [-0.05, 0) is 64.6 Å².